The molecule has 0 spiro atoms. The van der Waals surface area contributed by atoms with Crippen molar-refractivity contribution in [2.45, 2.75) is 38.1 Å². The lowest BCUT2D eigenvalue weighted by Gasteiger charge is -2.27. The highest BCUT2D eigenvalue weighted by Crippen LogP contribution is 2.51. The van der Waals surface area contributed by atoms with Gasteiger partial charge in [0.15, 0.2) is 0 Å². The standard InChI is InChI=1S/C15H20Cl2N2/c16-12-3-4-13(14(17)8-12)15(19-18)7-11-6-9-1-2-10(11)5-9/h3-4,8-11,15,19H,1-2,5-7,18H2. The Balaban J connectivity index is 1.73. The highest BCUT2D eigenvalue weighted by Gasteiger charge is 2.40. The molecule has 4 atom stereocenters. The van der Waals surface area contributed by atoms with Crippen molar-refractivity contribution < 1.29 is 0 Å². The average Bonchev–Trinajstić information content (AvgIpc) is 2.99. The fourth-order valence-corrected chi connectivity index (χ4v) is 4.58. The summed E-state index contributed by atoms with van der Waals surface area (Å²) in [7, 11) is 0. The third kappa shape index (κ3) is 2.78. The number of hydrogen-bond donors (Lipinski definition) is 2. The Morgan fingerprint density at radius 3 is 2.68 bits per heavy atom. The molecule has 0 heterocycles. The van der Waals surface area contributed by atoms with Gasteiger partial charge in [-0.1, -0.05) is 35.7 Å². The molecule has 104 valence electrons. The maximum absolute atomic E-state index is 6.29. The van der Waals surface area contributed by atoms with Crippen LogP contribution in [0, 0.1) is 17.8 Å². The van der Waals surface area contributed by atoms with Crippen LogP contribution in [0.15, 0.2) is 18.2 Å². The van der Waals surface area contributed by atoms with Crippen LogP contribution in [0.2, 0.25) is 10.0 Å². The van der Waals surface area contributed by atoms with Crippen LogP contribution < -0.4 is 11.3 Å². The number of hydrogen-bond acceptors (Lipinski definition) is 2. The van der Waals surface area contributed by atoms with Crippen molar-refractivity contribution >= 4 is 23.2 Å². The van der Waals surface area contributed by atoms with Crippen LogP contribution >= 0.6 is 23.2 Å². The topological polar surface area (TPSA) is 38.0 Å². The van der Waals surface area contributed by atoms with E-state index in [-0.39, 0.29) is 6.04 Å². The van der Waals surface area contributed by atoms with Crippen molar-refractivity contribution in [3.05, 3.63) is 33.8 Å². The van der Waals surface area contributed by atoms with E-state index in [0.29, 0.717) is 10.0 Å². The van der Waals surface area contributed by atoms with Crippen LogP contribution in [0.4, 0.5) is 0 Å². The Morgan fingerprint density at radius 2 is 2.11 bits per heavy atom. The summed E-state index contributed by atoms with van der Waals surface area (Å²) in [6, 6.07) is 5.80. The van der Waals surface area contributed by atoms with Crippen molar-refractivity contribution in [1.29, 1.82) is 0 Å². The Morgan fingerprint density at radius 1 is 1.26 bits per heavy atom. The first-order valence-corrected chi connectivity index (χ1v) is 7.84. The molecule has 2 saturated carbocycles. The highest BCUT2D eigenvalue weighted by molar-refractivity contribution is 6.35. The van der Waals surface area contributed by atoms with E-state index >= 15 is 0 Å². The molecule has 2 fully saturated rings. The van der Waals surface area contributed by atoms with Crippen molar-refractivity contribution in [2.24, 2.45) is 23.6 Å². The first kappa shape index (κ1) is 13.7. The molecule has 3 N–H and O–H groups in total. The maximum atomic E-state index is 6.29. The summed E-state index contributed by atoms with van der Waals surface area (Å²) in [5.74, 6) is 8.42. The van der Waals surface area contributed by atoms with Gasteiger partial charge in [-0.15, -0.1) is 0 Å². The summed E-state index contributed by atoms with van der Waals surface area (Å²) in [5.41, 5.74) is 4.00. The van der Waals surface area contributed by atoms with Crippen LogP contribution in [0.5, 0.6) is 0 Å². The predicted molar refractivity (Wildman–Crippen MR) is 80.1 cm³/mol. The smallest absolute Gasteiger partial charge is 0.0477 e. The first-order valence-electron chi connectivity index (χ1n) is 7.08. The van der Waals surface area contributed by atoms with E-state index in [2.05, 4.69) is 5.43 Å². The summed E-state index contributed by atoms with van der Waals surface area (Å²) in [6.45, 7) is 0. The molecule has 0 aliphatic heterocycles. The van der Waals surface area contributed by atoms with Gasteiger partial charge < -0.3 is 0 Å². The molecule has 2 aliphatic carbocycles. The molecule has 0 saturated heterocycles. The van der Waals surface area contributed by atoms with E-state index in [1.165, 1.54) is 25.7 Å². The lowest BCUT2D eigenvalue weighted by molar-refractivity contribution is 0.280. The monoisotopic (exact) mass is 298 g/mol. The molecule has 0 aromatic heterocycles. The van der Waals surface area contributed by atoms with Crippen LogP contribution in [-0.2, 0) is 0 Å². The molecule has 2 aliphatic rings. The van der Waals surface area contributed by atoms with Gasteiger partial charge >= 0.3 is 0 Å². The second-order valence-electron chi connectivity index (χ2n) is 6.06. The zero-order valence-corrected chi connectivity index (χ0v) is 12.4. The lowest BCUT2D eigenvalue weighted by Crippen LogP contribution is -2.31. The summed E-state index contributed by atoms with van der Waals surface area (Å²) < 4.78 is 0. The van der Waals surface area contributed by atoms with Gasteiger partial charge in [-0.05, 0) is 61.1 Å². The number of halogens is 2. The normalized spacial score (nSPS) is 30.8. The summed E-state index contributed by atoms with van der Waals surface area (Å²) in [6.07, 6.45) is 6.72. The minimum absolute atomic E-state index is 0.133. The second kappa shape index (κ2) is 5.61. The Labute approximate surface area is 124 Å². The molecule has 1 aromatic carbocycles. The molecule has 4 unspecified atom stereocenters. The van der Waals surface area contributed by atoms with Gasteiger partial charge in [0.1, 0.15) is 0 Å². The quantitative estimate of drug-likeness (QED) is 0.641. The van der Waals surface area contributed by atoms with Crippen molar-refractivity contribution in [1.82, 2.24) is 5.43 Å². The lowest BCUT2D eigenvalue weighted by atomic mass is 9.83. The van der Waals surface area contributed by atoms with E-state index in [0.717, 1.165) is 29.7 Å². The number of hydrazine groups is 1. The first-order chi connectivity index (χ1) is 9.17. The van der Waals surface area contributed by atoms with Gasteiger partial charge in [-0.25, -0.2) is 0 Å². The second-order valence-corrected chi connectivity index (χ2v) is 6.90. The molecule has 0 radical (unpaired) electrons. The van der Waals surface area contributed by atoms with E-state index < -0.39 is 0 Å². The molecule has 0 amide bonds. The average molecular weight is 299 g/mol. The van der Waals surface area contributed by atoms with Gasteiger partial charge in [0, 0.05) is 16.1 Å². The Bertz CT molecular complexity index is 463. The van der Waals surface area contributed by atoms with E-state index in [1.54, 1.807) is 6.07 Å². The third-order valence-electron chi connectivity index (χ3n) is 4.96. The number of fused-ring (bicyclic) bond motifs is 2. The van der Waals surface area contributed by atoms with E-state index in [1.807, 2.05) is 12.1 Å². The van der Waals surface area contributed by atoms with Crippen LogP contribution in [0.25, 0.3) is 0 Å². The fourth-order valence-electron chi connectivity index (χ4n) is 4.04. The van der Waals surface area contributed by atoms with Gasteiger partial charge in [0.05, 0.1) is 0 Å². The molecule has 19 heavy (non-hydrogen) atoms. The minimum Gasteiger partial charge on any atom is -0.271 e. The molecular weight excluding hydrogens is 279 g/mol. The Kier molecular flexibility index (Phi) is 4.04. The van der Waals surface area contributed by atoms with Crippen molar-refractivity contribution in [3.8, 4) is 0 Å². The largest absolute Gasteiger partial charge is 0.271 e. The zero-order chi connectivity index (χ0) is 13.4. The third-order valence-corrected chi connectivity index (χ3v) is 5.52. The molecular formula is C15H20Cl2N2. The molecule has 2 bridgehead atoms. The summed E-state index contributed by atoms with van der Waals surface area (Å²) in [5, 5.41) is 1.38. The van der Waals surface area contributed by atoms with Crippen molar-refractivity contribution in [3.63, 3.8) is 0 Å². The van der Waals surface area contributed by atoms with E-state index in [4.69, 9.17) is 29.0 Å². The number of nitrogens with one attached hydrogen (secondary N) is 1. The maximum Gasteiger partial charge on any atom is 0.0477 e. The Hall–Kier alpha value is -0.280. The number of nitrogens with two attached hydrogens (primary N) is 1. The molecule has 4 heteroatoms. The predicted octanol–water partition coefficient (Wildman–Crippen LogP) is 4.32. The zero-order valence-electron chi connectivity index (χ0n) is 10.9. The van der Waals surface area contributed by atoms with Crippen LogP contribution in [0.1, 0.15) is 43.7 Å². The fraction of sp³-hybridized carbons (Fsp3) is 0.600. The SMILES string of the molecule is NNC(CC1CC2CCC1C2)c1ccc(Cl)cc1Cl. The van der Waals surface area contributed by atoms with Crippen LogP contribution in [0.3, 0.4) is 0 Å². The van der Waals surface area contributed by atoms with Gasteiger partial charge in [-0.3, -0.25) is 11.3 Å². The highest BCUT2D eigenvalue weighted by atomic mass is 35.5. The molecule has 2 nitrogen and oxygen atoms in total. The van der Waals surface area contributed by atoms with Crippen LogP contribution in [-0.4, -0.2) is 0 Å². The number of rotatable bonds is 4. The van der Waals surface area contributed by atoms with Gasteiger partial charge in [0.2, 0.25) is 0 Å². The van der Waals surface area contributed by atoms with Crippen molar-refractivity contribution in [2.75, 3.05) is 0 Å². The molecule has 1 aromatic rings. The number of benzene rings is 1. The minimum atomic E-state index is 0.133. The van der Waals surface area contributed by atoms with Gasteiger partial charge in [-0.2, -0.15) is 0 Å². The summed E-state index contributed by atoms with van der Waals surface area (Å²) in [4.78, 5) is 0. The summed E-state index contributed by atoms with van der Waals surface area (Å²) >= 11 is 12.2. The molecule has 3 rings (SSSR count). The van der Waals surface area contributed by atoms with E-state index in [9.17, 15) is 0 Å². The van der Waals surface area contributed by atoms with Gasteiger partial charge in [0.25, 0.3) is 0 Å².